The van der Waals surface area contributed by atoms with Crippen LogP contribution in [0.4, 0.5) is 8.78 Å². The lowest BCUT2D eigenvalue weighted by molar-refractivity contribution is 0.134. The largest absolute Gasteiger partial charge is 0.474 e. The number of hydrogen-bond donors (Lipinski definition) is 0. The van der Waals surface area contributed by atoms with E-state index in [1.807, 2.05) is 49.4 Å². The van der Waals surface area contributed by atoms with Crippen molar-refractivity contribution in [1.82, 2.24) is 19.7 Å². The summed E-state index contributed by atoms with van der Waals surface area (Å²) >= 11 is 0. The van der Waals surface area contributed by atoms with Crippen molar-refractivity contribution in [2.24, 2.45) is 0 Å². The fourth-order valence-corrected chi connectivity index (χ4v) is 3.70. The average Bonchev–Trinajstić information content (AvgIpc) is 3.15. The summed E-state index contributed by atoms with van der Waals surface area (Å²) in [4.78, 5) is 4.20. The zero-order chi connectivity index (χ0) is 19.5. The lowest BCUT2D eigenvalue weighted by Gasteiger charge is -2.28. The first-order chi connectivity index (χ1) is 13.6. The Kier molecular flexibility index (Phi) is 5.32. The molecule has 3 aromatic rings. The molecule has 5 nitrogen and oxygen atoms in total. The minimum atomic E-state index is -2.67. The van der Waals surface area contributed by atoms with Crippen molar-refractivity contribution in [2.75, 3.05) is 0 Å². The van der Waals surface area contributed by atoms with E-state index in [-0.39, 0.29) is 17.8 Å². The van der Waals surface area contributed by atoms with Gasteiger partial charge in [0.2, 0.25) is 11.7 Å². The highest BCUT2D eigenvalue weighted by atomic mass is 19.3. The third-order valence-corrected chi connectivity index (χ3v) is 5.16. The molecule has 0 atom stereocenters. The van der Waals surface area contributed by atoms with Gasteiger partial charge in [-0.05, 0) is 50.8 Å². The van der Waals surface area contributed by atoms with Crippen LogP contribution in [0.25, 0.3) is 5.69 Å². The van der Waals surface area contributed by atoms with E-state index in [9.17, 15) is 8.78 Å². The van der Waals surface area contributed by atoms with Gasteiger partial charge >= 0.3 is 0 Å². The number of benzene rings is 1. The maximum absolute atomic E-state index is 13.5. The van der Waals surface area contributed by atoms with E-state index in [0.29, 0.717) is 17.4 Å². The van der Waals surface area contributed by atoms with Gasteiger partial charge in [0.15, 0.2) is 0 Å². The molecule has 0 saturated heterocycles. The minimum absolute atomic E-state index is 0.0740. The SMILES string of the molecule is Cc1ccc(-n2c(C(F)F)nnc2C2CCC(Oc3ccccn3)CC2)cc1. The standard InChI is InChI=1S/C21H22F2N4O/c1-14-5-9-16(10-6-14)27-20(25-26-21(27)19(22)23)15-7-11-17(12-8-15)28-18-4-2-3-13-24-18/h2-6,9-10,13,15,17,19H,7-8,11-12H2,1H3. The van der Waals surface area contributed by atoms with Crippen LogP contribution >= 0.6 is 0 Å². The van der Waals surface area contributed by atoms with Crippen molar-refractivity contribution >= 4 is 0 Å². The molecular formula is C21H22F2N4O. The van der Waals surface area contributed by atoms with E-state index in [4.69, 9.17) is 4.74 Å². The van der Waals surface area contributed by atoms with E-state index in [2.05, 4.69) is 15.2 Å². The van der Waals surface area contributed by atoms with Gasteiger partial charge in [0, 0.05) is 23.9 Å². The molecule has 1 aliphatic rings. The second-order valence-electron chi connectivity index (χ2n) is 7.15. The summed E-state index contributed by atoms with van der Waals surface area (Å²) in [5.41, 5.74) is 1.75. The van der Waals surface area contributed by atoms with E-state index in [1.165, 1.54) is 4.57 Å². The van der Waals surface area contributed by atoms with Crippen molar-refractivity contribution in [3.63, 3.8) is 0 Å². The number of aryl methyl sites for hydroxylation is 1. The molecular weight excluding hydrogens is 362 g/mol. The van der Waals surface area contributed by atoms with Gasteiger partial charge in [-0.3, -0.25) is 4.57 Å². The highest BCUT2D eigenvalue weighted by Crippen LogP contribution is 2.36. The first-order valence-corrected chi connectivity index (χ1v) is 9.50. The molecule has 2 heterocycles. The Balaban J connectivity index is 1.53. The molecule has 0 radical (unpaired) electrons. The summed E-state index contributed by atoms with van der Waals surface area (Å²) in [5, 5.41) is 7.95. The molecule has 0 amide bonds. The molecule has 1 fully saturated rings. The third kappa shape index (κ3) is 3.88. The molecule has 0 aliphatic heterocycles. The molecule has 1 saturated carbocycles. The van der Waals surface area contributed by atoms with Crippen molar-refractivity contribution in [3.05, 3.63) is 65.9 Å². The summed E-state index contributed by atoms with van der Waals surface area (Å²) in [6.45, 7) is 1.97. The van der Waals surface area contributed by atoms with Crippen molar-refractivity contribution in [2.45, 2.75) is 51.1 Å². The van der Waals surface area contributed by atoms with Gasteiger partial charge in [0.25, 0.3) is 6.43 Å². The lowest BCUT2D eigenvalue weighted by Crippen LogP contribution is -2.25. The third-order valence-electron chi connectivity index (χ3n) is 5.16. The number of halogens is 2. The fraction of sp³-hybridized carbons (Fsp3) is 0.381. The number of nitrogens with zero attached hydrogens (tertiary/aromatic N) is 4. The Morgan fingerprint density at radius 1 is 1.00 bits per heavy atom. The van der Waals surface area contributed by atoms with Gasteiger partial charge in [-0.2, -0.15) is 0 Å². The summed E-state index contributed by atoms with van der Waals surface area (Å²) in [5.74, 6) is 1.000. The van der Waals surface area contributed by atoms with Gasteiger partial charge in [0.1, 0.15) is 11.9 Å². The maximum atomic E-state index is 13.5. The van der Waals surface area contributed by atoms with Crippen molar-refractivity contribution < 1.29 is 13.5 Å². The van der Waals surface area contributed by atoms with Crippen LogP contribution in [0.2, 0.25) is 0 Å². The average molecular weight is 384 g/mol. The van der Waals surface area contributed by atoms with Crippen molar-refractivity contribution in [1.29, 1.82) is 0 Å². The Morgan fingerprint density at radius 2 is 1.75 bits per heavy atom. The second-order valence-corrected chi connectivity index (χ2v) is 7.15. The Labute approximate surface area is 162 Å². The zero-order valence-electron chi connectivity index (χ0n) is 15.6. The van der Waals surface area contributed by atoms with E-state index in [0.717, 1.165) is 31.2 Å². The molecule has 2 aromatic heterocycles. The van der Waals surface area contributed by atoms with Crippen molar-refractivity contribution in [3.8, 4) is 11.6 Å². The molecule has 0 N–H and O–H groups in total. The number of ether oxygens (including phenoxy) is 1. The highest BCUT2D eigenvalue weighted by Gasteiger charge is 2.30. The second kappa shape index (κ2) is 8.04. The molecule has 1 aromatic carbocycles. The van der Waals surface area contributed by atoms with Crippen LogP contribution in [-0.2, 0) is 0 Å². The van der Waals surface area contributed by atoms with Gasteiger partial charge in [-0.25, -0.2) is 13.8 Å². The van der Waals surface area contributed by atoms with Gasteiger partial charge in [-0.1, -0.05) is 23.8 Å². The van der Waals surface area contributed by atoms with Gasteiger partial charge in [-0.15, -0.1) is 10.2 Å². The number of aromatic nitrogens is 4. The first kappa shape index (κ1) is 18.5. The van der Waals surface area contributed by atoms with Crippen LogP contribution in [0, 0.1) is 6.92 Å². The zero-order valence-corrected chi connectivity index (χ0v) is 15.6. The number of pyridine rings is 1. The topological polar surface area (TPSA) is 52.8 Å². The quantitative estimate of drug-likeness (QED) is 0.620. The predicted molar refractivity (Wildman–Crippen MR) is 101 cm³/mol. The maximum Gasteiger partial charge on any atom is 0.297 e. The van der Waals surface area contributed by atoms with Crippen LogP contribution in [-0.4, -0.2) is 25.9 Å². The smallest absolute Gasteiger partial charge is 0.297 e. The highest BCUT2D eigenvalue weighted by molar-refractivity contribution is 5.37. The number of hydrogen-bond acceptors (Lipinski definition) is 4. The van der Waals surface area contributed by atoms with E-state index in [1.54, 1.807) is 6.20 Å². The summed E-state index contributed by atoms with van der Waals surface area (Å²) in [7, 11) is 0. The molecule has 7 heteroatoms. The molecule has 0 spiro atoms. The van der Waals surface area contributed by atoms with Gasteiger partial charge < -0.3 is 4.74 Å². The molecule has 0 unspecified atom stereocenters. The van der Waals surface area contributed by atoms with Crippen LogP contribution in [0.5, 0.6) is 5.88 Å². The summed E-state index contributed by atoms with van der Waals surface area (Å²) in [6.07, 6.45) is 2.38. The molecule has 4 rings (SSSR count). The predicted octanol–water partition coefficient (Wildman–Crippen LogP) is 5.01. The van der Waals surface area contributed by atoms with E-state index >= 15 is 0 Å². The van der Waals surface area contributed by atoms with Gasteiger partial charge in [0.05, 0.1) is 0 Å². The van der Waals surface area contributed by atoms with Crippen LogP contribution < -0.4 is 4.74 Å². The summed E-state index contributed by atoms with van der Waals surface area (Å²) in [6, 6.07) is 13.1. The van der Waals surface area contributed by atoms with E-state index < -0.39 is 6.43 Å². The normalized spacial score (nSPS) is 19.7. The Morgan fingerprint density at radius 3 is 2.39 bits per heavy atom. The molecule has 28 heavy (non-hydrogen) atoms. The summed E-state index contributed by atoms with van der Waals surface area (Å²) < 4.78 is 34.5. The minimum Gasteiger partial charge on any atom is -0.474 e. The van der Waals surface area contributed by atoms with Crippen LogP contribution in [0.1, 0.15) is 55.2 Å². The molecule has 1 aliphatic carbocycles. The number of alkyl halides is 2. The Bertz CT molecular complexity index is 904. The fourth-order valence-electron chi connectivity index (χ4n) is 3.70. The molecule has 0 bridgehead atoms. The lowest BCUT2D eigenvalue weighted by atomic mass is 9.86. The van der Waals surface area contributed by atoms with Crippen LogP contribution in [0.3, 0.4) is 0 Å². The monoisotopic (exact) mass is 384 g/mol. The molecule has 146 valence electrons. The number of rotatable bonds is 5. The van der Waals surface area contributed by atoms with Crippen LogP contribution in [0.15, 0.2) is 48.7 Å². The first-order valence-electron chi connectivity index (χ1n) is 9.50. The Hall–Kier alpha value is -2.83.